The van der Waals surface area contributed by atoms with Gasteiger partial charge in [0.25, 0.3) is 10.1 Å². The van der Waals surface area contributed by atoms with Crippen molar-refractivity contribution in [2.75, 3.05) is 5.75 Å². The molecule has 0 aliphatic rings. The minimum absolute atomic E-state index is 0. The molecule has 0 heterocycles. The first-order valence-corrected chi connectivity index (χ1v) is 3.36. The van der Waals surface area contributed by atoms with Gasteiger partial charge >= 0.3 is 65.1 Å². The van der Waals surface area contributed by atoms with Crippen LogP contribution in [0.2, 0.25) is 0 Å². The molecular formula is C2H6Na2O6S. The van der Waals surface area contributed by atoms with Crippen molar-refractivity contribution in [3.63, 3.8) is 0 Å². The van der Waals surface area contributed by atoms with Crippen LogP contribution in [0.4, 0.5) is 0 Å². The van der Waals surface area contributed by atoms with Gasteiger partial charge in [0.1, 0.15) is 0 Å². The van der Waals surface area contributed by atoms with E-state index in [-0.39, 0.29) is 59.1 Å². The molecule has 9 heteroatoms. The number of hydrogen-bond donors (Lipinski definition) is 2. The summed E-state index contributed by atoms with van der Waals surface area (Å²) >= 11 is 0. The first-order valence-electron chi connectivity index (χ1n) is 1.75. The van der Waals surface area contributed by atoms with E-state index in [0.29, 0.717) is 0 Å². The summed E-state index contributed by atoms with van der Waals surface area (Å²) in [5.74, 6) is -2.65. The summed E-state index contributed by atoms with van der Waals surface area (Å²) in [7, 11) is -4.37. The number of rotatable bonds is 2. The molecular weight excluding hydrogens is 198 g/mol. The Bertz CT molecular complexity index is 197. The zero-order valence-electron chi connectivity index (χ0n) is 4.14. The molecule has 6 nitrogen and oxygen atoms in total. The Labute approximate surface area is 108 Å². The van der Waals surface area contributed by atoms with E-state index in [1.165, 1.54) is 0 Å². The van der Waals surface area contributed by atoms with E-state index in [2.05, 4.69) is 4.89 Å². The molecule has 2 N–H and O–H groups in total. The van der Waals surface area contributed by atoms with Gasteiger partial charge in [-0.05, 0) is 0 Å². The first-order chi connectivity index (χ1) is 3.95. The molecule has 0 amide bonds. The quantitative estimate of drug-likeness (QED) is 0.225. The third-order valence-electron chi connectivity index (χ3n) is 0.402. The monoisotopic (exact) mass is 204 g/mol. The second kappa shape index (κ2) is 7.96. The molecule has 0 unspecified atom stereocenters. The summed E-state index contributed by atoms with van der Waals surface area (Å²) in [6, 6.07) is 0. The van der Waals surface area contributed by atoms with Gasteiger partial charge in [-0.3, -0.25) is 9.44 Å². The Balaban J connectivity index is -0.000000320. The Morgan fingerprint density at radius 3 is 1.82 bits per heavy atom. The Morgan fingerprint density at radius 1 is 1.36 bits per heavy atom. The maximum absolute atomic E-state index is 9.82. The van der Waals surface area contributed by atoms with E-state index >= 15 is 0 Å². The third kappa shape index (κ3) is 14.2. The molecule has 0 fully saturated rings. The Hall–Kier alpha value is 1.34. The van der Waals surface area contributed by atoms with Crippen molar-refractivity contribution in [3.8, 4) is 0 Å². The van der Waals surface area contributed by atoms with E-state index in [1.54, 1.807) is 0 Å². The van der Waals surface area contributed by atoms with Crippen molar-refractivity contribution in [2.24, 2.45) is 0 Å². The summed E-state index contributed by atoms with van der Waals surface area (Å²) < 4.78 is 27.4. The van der Waals surface area contributed by atoms with Crippen LogP contribution in [0.5, 0.6) is 0 Å². The summed E-state index contributed by atoms with van der Waals surface area (Å²) in [6.07, 6.45) is 0. The molecule has 0 aliphatic carbocycles. The molecule has 58 valence electrons. The zero-order valence-corrected chi connectivity index (χ0v) is 4.96. The Morgan fingerprint density at radius 2 is 1.73 bits per heavy atom. The fraction of sp³-hybridized carbons (Fsp3) is 0.500. The van der Waals surface area contributed by atoms with Gasteiger partial charge in [0.2, 0.25) is 0 Å². The molecule has 0 aliphatic heterocycles. The van der Waals surface area contributed by atoms with Crippen LogP contribution in [0, 0.1) is 0 Å². The first kappa shape index (κ1) is 18.2. The average molecular weight is 204 g/mol. The molecule has 0 bridgehead atoms. The molecule has 0 aromatic carbocycles. The molecule has 0 aromatic heterocycles. The van der Waals surface area contributed by atoms with Crippen molar-refractivity contribution in [2.45, 2.75) is 0 Å². The minimum atomic E-state index is -4.37. The van der Waals surface area contributed by atoms with Gasteiger partial charge in [0.05, 0.1) is 0 Å². The van der Waals surface area contributed by atoms with Gasteiger partial charge in [0, 0.05) is 0 Å². The van der Waals surface area contributed by atoms with E-state index < -0.39 is 21.8 Å². The zero-order chi connectivity index (χ0) is 7.49. The van der Waals surface area contributed by atoms with Crippen LogP contribution in [-0.2, 0) is 19.8 Å². The summed E-state index contributed by atoms with van der Waals surface area (Å²) in [5.41, 5.74) is 0. The predicted molar refractivity (Wildman–Crippen MR) is 39.4 cm³/mol. The molecule has 11 heavy (non-hydrogen) atoms. The fourth-order valence-corrected chi connectivity index (χ4v) is 0.526. The average Bonchev–Trinajstić information content (AvgIpc) is 1.62. The number of carbonyl (C=O) groups excluding carboxylic acids is 1. The SMILES string of the molecule is O=C(CS(=O)(=O)O)OO.[NaH].[NaH]. The summed E-state index contributed by atoms with van der Waals surface area (Å²) in [5, 5.41) is 7.47. The van der Waals surface area contributed by atoms with Gasteiger partial charge in [-0.15, -0.1) is 0 Å². The van der Waals surface area contributed by atoms with E-state index in [1.807, 2.05) is 0 Å². The van der Waals surface area contributed by atoms with Gasteiger partial charge in [-0.1, -0.05) is 0 Å². The van der Waals surface area contributed by atoms with Crippen molar-refractivity contribution < 1.29 is 27.9 Å². The second-order valence-corrected chi connectivity index (χ2v) is 2.64. The van der Waals surface area contributed by atoms with Crippen molar-refractivity contribution >= 4 is 75.2 Å². The van der Waals surface area contributed by atoms with Gasteiger partial charge in [0.15, 0.2) is 5.75 Å². The summed E-state index contributed by atoms with van der Waals surface area (Å²) in [6.45, 7) is 0. The van der Waals surface area contributed by atoms with Crippen LogP contribution in [-0.4, -0.2) is 89.1 Å². The molecule has 0 saturated carbocycles. The van der Waals surface area contributed by atoms with E-state index in [9.17, 15) is 13.2 Å². The van der Waals surface area contributed by atoms with Gasteiger partial charge < -0.3 is 0 Å². The van der Waals surface area contributed by atoms with Crippen LogP contribution in [0.25, 0.3) is 0 Å². The van der Waals surface area contributed by atoms with Crippen LogP contribution < -0.4 is 0 Å². The maximum atomic E-state index is 9.82. The molecule has 0 rings (SSSR count). The van der Waals surface area contributed by atoms with Crippen LogP contribution in [0.15, 0.2) is 0 Å². The fourth-order valence-electron chi connectivity index (χ4n) is 0.175. The van der Waals surface area contributed by atoms with Crippen LogP contribution in [0.3, 0.4) is 0 Å². The van der Waals surface area contributed by atoms with Gasteiger partial charge in [-0.25, -0.2) is 4.79 Å². The predicted octanol–water partition coefficient (Wildman–Crippen LogP) is -2.41. The molecule has 0 atom stereocenters. The van der Waals surface area contributed by atoms with Crippen molar-refractivity contribution in [1.82, 2.24) is 0 Å². The van der Waals surface area contributed by atoms with Crippen LogP contribution >= 0.6 is 0 Å². The summed E-state index contributed by atoms with van der Waals surface area (Å²) in [4.78, 5) is 12.8. The molecule has 0 aromatic rings. The van der Waals surface area contributed by atoms with Crippen LogP contribution in [0.1, 0.15) is 0 Å². The number of hydrogen-bond acceptors (Lipinski definition) is 5. The van der Waals surface area contributed by atoms with E-state index in [4.69, 9.17) is 9.81 Å². The Kier molecular flexibility index (Phi) is 13.2. The third-order valence-corrected chi connectivity index (χ3v) is 1.00. The normalized spacial score (nSPS) is 8.91. The molecule has 0 radical (unpaired) electrons. The molecule has 0 spiro atoms. The molecule has 0 saturated heterocycles. The van der Waals surface area contributed by atoms with Gasteiger partial charge in [-0.2, -0.15) is 13.7 Å². The number of carbonyl (C=O) groups is 1. The van der Waals surface area contributed by atoms with E-state index in [0.717, 1.165) is 0 Å². The van der Waals surface area contributed by atoms with Crippen molar-refractivity contribution in [1.29, 1.82) is 0 Å². The van der Waals surface area contributed by atoms with Crippen molar-refractivity contribution in [3.05, 3.63) is 0 Å². The second-order valence-electron chi connectivity index (χ2n) is 1.19. The standard InChI is InChI=1S/C2H4O6S.2Na.2H/c3-2(8-4)1-9(5,6)7;;;;/h4H,1H2,(H,5,6,7);;;;. The topological polar surface area (TPSA) is 101 Å².